The largest absolute Gasteiger partial charge is 0.465 e. The van der Waals surface area contributed by atoms with Gasteiger partial charge in [0.2, 0.25) is 0 Å². The van der Waals surface area contributed by atoms with E-state index in [1.165, 1.54) is 0 Å². The van der Waals surface area contributed by atoms with Gasteiger partial charge in [-0.15, -0.1) is 0 Å². The van der Waals surface area contributed by atoms with E-state index in [9.17, 15) is 18.0 Å². The molecule has 1 rings (SSSR count). The number of carbonyl (C=O) groups excluding carboxylic acids is 1. The van der Waals surface area contributed by atoms with E-state index in [0.29, 0.717) is 6.07 Å². The highest BCUT2D eigenvalue weighted by Crippen LogP contribution is 2.39. The SMILES string of the molecule is COC(=O)c1cc(Cl)c(Br)c(C(F)(F)F)c1. The topological polar surface area (TPSA) is 26.3 Å². The van der Waals surface area contributed by atoms with Crippen LogP contribution < -0.4 is 0 Å². The van der Waals surface area contributed by atoms with Crippen LogP contribution in [0.5, 0.6) is 0 Å². The van der Waals surface area contributed by atoms with Crippen LogP contribution in [0.1, 0.15) is 15.9 Å². The molecule has 0 saturated carbocycles. The maximum absolute atomic E-state index is 12.5. The Bertz CT molecular complexity index is 431. The van der Waals surface area contributed by atoms with E-state index in [-0.39, 0.29) is 15.1 Å². The Balaban J connectivity index is 3.39. The van der Waals surface area contributed by atoms with Crippen LogP contribution in [0.15, 0.2) is 16.6 Å². The first kappa shape index (κ1) is 13.3. The maximum atomic E-state index is 12.5. The van der Waals surface area contributed by atoms with E-state index in [2.05, 4.69) is 20.7 Å². The summed E-state index contributed by atoms with van der Waals surface area (Å²) in [6.07, 6.45) is -4.59. The Hall–Kier alpha value is -0.750. The van der Waals surface area contributed by atoms with Crippen LogP contribution in [0.25, 0.3) is 0 Å². The summed E-state index contributed by atoms with van der Waals surface area (Å²) >= 11 is 8.29. The lowest BCUT2D eigenvalue weighted by molar-refractivity contribution is -0.138. The highest BCUT2D eigenvalue weighted by molar-refractivity contribution is 9.10. The van der Waals surface area contributed by atoms with E-state index in [1.807, 2.05) is 0 Å². The molecule has 0 aliphatic rings. The van der Waals surface area contributed by atoms with E-state index in [0.717, 1.165) is 13.2 Å². The van der Waals surface area contributed by atoms with Crippen molar-refractivity contribution in [3.8, 4) is 0 Å². The van der Waals surface area contributed by atoms with Gasteiger partial charge in [0.1, 0.15) is 0 Å². The third-order valence-corrected chi connectivity index (χ3v) is 3.14. The van der Waals surface area contributed by atoms with Crippen molar-refractivity contribution in [2.24, 2.45) is 0 Å². The van der Waals surface area contributed by atoms with Crippen molar-refractivity contribution in [3.63, 3.8) is 0 Å². The van der Waals surface area contributed by atoms with Crippen LogP contribution >= 0.6 is 27.5 Å². The van der Waals surface area contributed by atoms with Gasteiger partial charge in [-0.1, -0.05) is 11.6 Å². The molecule has 0 unspecified atom stereocenters. The maximum Gasteiger partial charge on any atom is 0.417 e. The monoisotopic (exact) mass is 316 g/mol. The number of ether oxygens (including phenoxy) is 1. The van der Waals surface area contributed by atoms with Crippen LogP contribution in [0.4, 0.5) is 13.2 Å². The van der Waals surface area contributed by atoms with Gasteiger partial charge in [-0.3, -0.25) is 0 Å². The summed E-state index contributed by atoms with van der Waals surface area (Å²) in [6.45, 7) is 0. The molecule has 2 nitrogen and oxygen atoms in total. The van der Waals surface area contributed by atoms with E-state index in [4.69, 9.17) is 11.6 Å². The standard InChI is InChI=1S/C9H5BrClF3O2/c1-16-8(15)4-2-5(9(12,13)14)7(10)6(11)3-4/h2-3H,1H3. The minimum Gasteiger partial charge on any atom is -0.465 e. The van der Waals surface area contributed by atoms with E-state index < -0.39 is 17.7 Å². The fraction of sp³-hybridized carbons (Fsp3) is 0.222. The van der Waals surface area contributed by atoms with Gasteiger partial charge in [-0.05, 0) is 28.1 Å². The molecule has 0 atom stereocenters. The first-order chi connectivity index (χ1) is 7.27. The summed E-state index contributed by atoms with van der Waals surface area (Å²) in [4.78, 5) is 11.1. The number of esters is 1. The third-order valence-electron chi connectivity index (χ3n) is 1.75. The van der Waals surface area contributed by atoms with Crippen LogP contribution in [0.2, 0.25) is 5.02 Å². The molecule has 0 amide bonds. The van der Waals surface area contributed by atoms with Crippen LogP contribution in [-0.2, 0) is 10.9 Å². The van der Waals surface area contributed by atoms with Gasteiger partial charge in [-0.2, -0.15) is 13.2 Å². The number of benzene rings is 1. The lowest BCUT2D eigenvalue weighted by Gasteiger charge is -2.11. The predicted octanol–water partition coefficient (Wildman–Crippen LogP) is 3.91. The zero-order valence-corrected chi connectivity index (χ0v) is 10.2. The summed E-state index contributed by atoms with van der Waals surface area (Å²) in [6, 6.07) is 1.79. The van der Waals surface area contributed by atoms with Gasteiger partial charge in [0, 0.05) is 4.47 Å². The molecule has 0 N–H and O–H groups in total. The van der Waals surface area contributed by atoms with Gasteiger partial charge >= 0.3 is 12.1 Å². The first-order valence-electron chi connectivity index (χ1n) is 3.92. The molecule has 0 aromatic heterocycles. The molecular weight excluding hydrogens is 312 g/mol. The average Bonchev–Trinajstić information content (AvgIpc) is 2.18. The quantitative estimate of drug-likeness (QED) is 0.734. The molecule has 7 heteroatoms. The Morgan fingerprint density at radius 2 is 2.00 bits per heavy atom. The van der Waals surface area contributed by atoms with Gasteiger partial charge in [0.25, 0.3) is 0 Å². The normalized spacial score (nSPS) is 11.4. The number of halogens is 5. The van der Waals surface area contributed by atoms with Crippen LogP contribution in [-0.4, -0.2) is 13.1 Å². The van der Waals surface area contributed by atoms with Gasteiger partial charge in [0.15, 0.2) is 0 Å². The van der Waals surface area contributed by atoms with Gasteiger partial charge in [0.05, 0.1) is 23.3 Å². The Morgan fingerprint density at radius 1 is 1.44 bits per heavy atom. The minimum absolute atomic E-state index is 0.199. The molecule has 0 heterocycles. The van der Waals surface area contributed by atoms with Crippen molar-refractivity contribution in [2.75, 3.05) is 7.11 Å². The molecule has 0 saturated heterocycles. The molecule has 0 aliphatic heterocycles. The van der Waals surface area contributed by atoms with Gasteiger partial charge in [-0.25, -0.2) is 4.79 Å². The van der Waals surface area contributed by atoms with Crippen molar-refractivity contribution in [1.29, 1.82) is 0 Å². The number of rotatable bonds is 1. The van der Waals surface area contributed by atoms with Crippen molar-refractivity contribution < 1.29 is 22.7 Å². The second-order valence-electron chi connectivity index (χ2n) is 2.81. The molecule has 88 valence electrons. The summed E-state index contributed by atoms with van der Waals surface area (Å²) in [7, 11) is 1.07. The van der Waals surface area contributed by atoms with Crippen LogP contribution in [0.3, 0.4) is 0 Å². The second kappa shape index (κ2) is 4.63. The summed E-state index contributed by atoms with van der Waals surface area (Å²) in [5, 5.41) is -0.199. The van der Waals surface area contributed by atoms with Crippen molar-refractivity contribution >= 4 is 33.5 Å². The lowest BCUT2D eigenvalue weighted by Crippen LogP contribution is -2.10. The highest BCUT2D eigenvalue weighted by Gasteiger charge is 2.34. The smallest absolute Gasteiger partial charge is 0.417 e. The van der Waals surface area contributed by atoms with E-state index in [1.54, 1.807) is 0 Å². The Kier molecular flexibility index (Phi) is 3.85. The Morgan fingerprint density at radius 3 is 2.44 bits per heavy atom. The molecule has 1 aromatic rings. The van der Waals surface area contributed by atoms with Gasteiger partial charge < -0.3 is 4.74 Å². The lowest BCUT2D eigenvalue weighted by atomic mass is 10.1. The molecule has 0 bridgehead atoms. The number of methoxy groups -OCH3 is 1. The summed E-state index contributed by atoms with van der Waals surface area (Å²) < 4.78 is 41.6. The zero-order valence-electron chi connectivity index (χ0n) is 7.86. The minimum atomic E-state index is -4.59. The summed E-state index contributed by atoms with van der Waals surface area (Å²) in [5.74, 6) is -0.875. The molecule has 16 heavy (non-hydrogen) atoms. The number of alkyl halides is 3. The van der Waals surface area contributed by atoms with Crippen molar-refractivity contribution in [3.05, 3.63) is 32.8 Å². The Labute approximate surface area is 102 Å². The number of hydrogen-bond acceptors (Lipinski definition) is 2. The average molecular weight is 317 g/mol. The molecule has 1 aromatic carbocycles. The summed E-state index contributed by atoms with van der Waals surface area (Å²) in [5.41, 5.74) is -1.26. The molecular formula is C9H5BrClF3O2. The van der Waals surface area contributed by atoms with E-state index >= 15 is 0 Å². The number of carbonyl (C=O) groups is 1. The van der Waals surface area contributed by atoms with Crippen LogP contribution in [0, 0.1) is 0 Å². The predicted molar refractivity (Wildman–Crippen MR) is 55.5 cm³/mol. The fourth-order valence-electron chi connectivity index (χ4n) is 1.03. The number of hydrogen-bond donors (Lipinski definition) is 0. The second-order valence-corrected chi connectivity index (χ2v) is 4.01. The van der Waals surface area contributed by atoms with Crippen molar-refractivity contribution in [1.82, 2.24) is 0 Å². The zero-order chi connectivity index (χ0) is 12.5. The molecule has 0 spiro atoms. The molecule has 0 fully saturated rings. The highest BCUT2D eigenvalue weighted by atomic mass is 79.9. The third kappa shape index (κ3) is 2.68. The first-order valence-corrected chi connectivity index (χ1v) is 5.09. The van der Waals surface area contributed by atoms with Crippen molar-refractivity contribution in [2.45, 2.75) is 6.18 Å². The molecule has 0 radical (unpaired) electrons. The fourth-order valence-corrected chi connectivity index (χ4v) is 1.70. The molecule has 0 aliphatic carbocycles.